The predicted octanol–water partition coefficient (Wildman–Crippen LogP) is 4.52. The molecular weight excluding hydrogens is 791 g/mol. The molecule has 0 saturated carbocycles. The van der Waals surface area contributed by atoms with Crippen LogP contribution in [0.15, 0.2) is 103 Å². The maximum atomic E-state index is 13.5. The molecule has 0 aliphatic carbocycles. The summed E-state index contributed by atoms with van der Waals surface area (Å²) in [6.07, 6.45) is 1.42. The Morgan fingerprint density at radius 1 is 0.656 bits per heavy atom. The summed E-state index contributed by atoms with van der Waals surface area (Å²) >= 11 is 0. The zero-order valence-corrected chi connectivity index (χ0v) is 32.1. The molecule has 1 heterocycles. The highest BCUT2D eigenvalue weighted by Gasteiger charge is 2.25. The number of aromatic amines is 1. The molecule has 0 unspecified atom stereocenters. The van der Waals surface area contributed by atoms with E-state index in [2.05, 4.69) is 48.5 Å². The van der Waals surface area contributed by atoms with E-state index in [0.717, 1.165) is 6.07 Å². The highest BCUT2D eigenvalue weighted by Crippen LogP contribution is 2.40. The van der Waals surface area contributed by atoms with E-state index < -0.39 is 52.7 Å². The lowest BCUT2D eigenvalue weighted by Gasteiger charge is -2.18. The number of methoxy groups -OCH3 is 2. The van der Waals surface area contributed by atoms with Crippen molar-refractivity contribution in [3.05, 3.63) is 142 Å². The number of anilines is 3. The number of aromatic carboxylic acids is 1. The number of amides is 4. The first-order valence-electron chi connectivity index (χ1n) is 18.0. The molecule has 0 radical (unpaired) electrons. The van der Waals surface area contributed by atoms with Gasteiger partial charge in [0, 0.05) is 34.4 Å². The van der Waals surface area contributed by atoms with Crippen molar-refractivity contribution in [2.45, 2.75) is 12.5 Å². The molecule has 308 valence electrons. The van der Waals surface area contributed by atoms with E-state index >= 15 is 0 Å². The molecule has 1 aromatic heterocycles. The standard InChI is InChI=1S/C43H35N7O11/c1-60-37-32(19-17-30(35(37)52)41(56)47-33-20-18-31(43(58)59)36(53)38(33)61-2)46-39(54)26-11-13-27(14-12-26)45-42(57)34(21-28-22-44-50-49-28)48-40(55)25-9-5-23(6-10-25)3-4-24-7-15-29(51)16-8-24/h5-20,22,34,51-53H,21H2,1-2H3,(H,45,57)(H,46,54)(H,47,56)(H,48,55)(H,58,59)(H,44,49,50)/t34-/m0/s1. The van der Waals surface area contributed by atoms with E-state index in [1.54, 1.807) is 36.4 Å². The average Bonchev–Trinajstić information content (AvgIpc) is 3.77. The molecule has 18 heteroatoms. The molecule has 4 amide bonds. The molecule has 18 nitrogen and oxygen atoms in total. The van der Waals surface area contributed by atoms with E-state index in [1.165, 1.54) is 75.0 Å². The molecule has 5 aromatic carbocycles. The number of nitrogens with zero attached hydrogens (tertiary/aromatic N) is 2. The fourth-order valence-corrected chi connectivity index (χ4v) is 5.80. The summed E-state index contributed by atoms with van der Waals surface area (Å²) in [5.74, 6) is 0.132. The molecule has 0 saturated heterocycles. The van der Waals surface area contributed by atoms with Crippen molar-refractivity contribution < 1.29 is 53.9 Å². The molecule has 0 spiro atoms. The third kappa shape index (κ3) is 10.0. The van der Waals surface area contributed by atoms with Gasteiger partial charge >= 0.3 is 5.97 Å². The number of ether oxygens (including phenoxy) is 2. The molecule has 6 rings (SSSR count). The van der Waals surface area contributed by atoms with Crippen LogP contribution >= 0.6 is 0 Å². The smallest absolute Gasteiger partial charge is 0.339 e. The van der Waals surface area contributed by atoms with Gasteiger partial charge in [-0.15, -0.1) is 0 Å². The fourth-order valence-electron chi connectivity index (χ4n) is 5.80. The molecule has 61 heavy (non-hydrogen) atoms. The number of H-pyrrole nitrogens is 1. The van der Waals surface area contributed by atoms with Crippen molar-refractivity contribution in [1.29, 1.82) is 0 Å². The largest absolute Gasteiger partial charge is 0.508 e. The van der Waals surface area contributed by atoms with Crippen LogP contribution in [0.5, 0.6) is 28.7 Å². The summed E-state index contributed by atoms with van der Waals surface area (Å²) in [6.45, 7) is 0. The van der Waals surface area contributed by atoms with Crippen LogP contribution in [0.3, 0.4) is 0 Å². The summed E-state index contributed by atoms with van der Waals surface area (Å²) < 4.78 is 10.4. The van der Waals surface area contributed by atoms with Gasteiger partial charge in [-0.2, -0.15) is 15.4 Å². The summed E-state index contributed by atoms with van der Waals surface area (Å²) in [7, 11) is 2.38. The monoisotopic (exact) mass is 825 g/mol. The number of hydrogen-bond acceptors (Lipinski definition) is 12. The Hall–Kier alpha value is -8.85. The number of carboxylic acid groups (broad SMARTS) is 1. The second-order valence-electron chi connectivity index (χ2n) is 12.9. The van der Waals surface area contributed by atoms with Crippen LogP contribution in [0, 0.1) is 11.8 Å². The Labute approximate surface area is 346 Å². The Balaban J connectivity index is 1.10. The average molecular weight is 826 g/mol. The number of carbonyl (C=O) groups excluding carboxylic acids is 4. The molecule has 0 fully saturated rings. The number of hydrogen-bond donors (Lipinski definition) is 9. The molecule has 1 atom stereocenters. The van der Waals surface area contributed by atoms with E-state index in [4.69, 9.17) is 9.47 Å². The minimum atomic E-state index is -1.42. The van der Waals surface area contributed by atoms with Gasteiger partial charge in [0.15, 0.2) is 23.0 Å². The van der Waals surface area contributed by atoms with Crippen molar-refractivity contribution in [2.75, 3.05) is 30.2 Å². The van der Waals surface area contributed by atoms with Gasteiger partial charge in [-0.1, -0.05) is 11.8 Å². The second-order valence-corrected chi connectivity index (χ2v) is 12.9. The Bertz CT molecular complexity index is 2670. The first-order chi connectivity index (χ1) is 29.3. The van der Waals surface area contributed by atoms with Crippen molar-refractivity contribution in [1.82, 2.24) is 20.7 Å². The SMILES string of the molecule is COc1c(NC(=O)c2ccc(NC(=O)c3ccc(NC(=O)[C@H](Cc4cn[nH]n4)NC(=O)c4ccc(C#Cc5ccc(O)cc5)cc4)cc3)c(OC)c2O)ccc(C(=O)O)c1O. The number of phenolic OH excluding ortho intramolecular Hbond substituents is 2. The lowest BCUT2D eigenvalue weighted by atomic mass is 10.1. The van der Waals surface area contributed by atoms with Crippen LogP contribution in [0.25, 0.3) is 0 Å². The highest BCUT2D eigenvalue weighted by atomic mass is 16.5. The summed E-state index contributed by atoms with van der Waals surface area (Å²) in [5, 5.41) is 60.7. The number of phenols is 3. The van der Waals surface area contributed by atoms with Gasteiger partial charge in [-0.3, -0.25) is 19.2 Å². The van der Waals surface area contributed by atoms with Gasteiger partial charge < -0.3 is 51.2 Å². The van der Waals surface area contributed by atoms with Crippen LogP contribution in [0.4, 0.5) is 17.1 Å². The zero-order chi connectivity index (χ0) is 43.6. The Kier molecular flexibility index (Phi) is 12.7. The van der Waals surface area contributed by atoms with Crippen LogP contribution < -0.4 is 30.7 Å². The van der Waals surface area contributed by atoms with Crippen molar-refractivity contribution >= 4 is 46.7 Å². The lowest BCUT2D eigenvalue weighted by Crippen LogP contribution is -2.45. The van der Waals surface area contributed by atoms with Gasteiger partial charge in [0.05, 0.1) is 43.0 Å². The predicted molar refractivity (Wildman–Crippen MR) is 219 cm³/mol. The van der Waals surface area contributed by atoms with Crippen molar-refractivity contribution in [3.8, 4) is 40.6 Å². The van der Waals surface area contributed by atoms with E-state index in [1.807, 2.05) is 0 Å². The molecule has 6 aromatic rings. The zero-order valence-electron chi connectivity index (χ0n) is 32.1. The second kappa shape index (κ2) is 18.6. The van der Waals surface area contributed by atoms with Crippen molar-refractivity contribution in [3.63, 3.8) is 0 Å². The van der Waals surface area contributed by atoms with E-state index in [0.29, 0.717) is 22.5 Å². The number of benzene rings is 5. The normalized spacial score (nSPS) is 10.9. The molecule has 0 aliphatic heterocycles. The minimum absolute atomic E-state index is 0.00243. The number of carboxylic acids is 1. The topological polar surface area (TPSA) is 274 Å². The van der Waals surface area contributed by atoms with Crippen LogP contribution in [0.1, 0.15) is 58.3 Å². The number of carbonyl (C=O) groups is 5. The maximum Gasteiger partial charge on any atom is 0.339 e. The highest BCUT2D eigenvalue weighted by molar-refractivity contribution is 6.10. The van der Waals surface area contributed by atoms with E-state index in [-0.39, 0.29) is 51.7 Å². The van der Waals surface area contributed by atoms with Crippen LogP contribution in [0.2, 0.25) is 0 Å². The number of aromatic hydroxyl groups is 3. The van der Waals surface area contributed by atoms with Gasteiger partial charge in [-0.25, -0.2) is 4.79 Å². The molecular formula is C43H35N7O11. The fraction of sp³-hybridized carbons (Fsp3) is 0.0930. The van der Waals surface area contributed by atoms with Crippen LogP contribution in [-0.2, 0) is 11.2 Å². The third-order valence-electron chi connectivity index (χ3n) is 8.92. The molecule has 9 N–H and O–H groups in total. The summed E-state index contributed by atoms with van der Waals surface area (Å²) in [5.41, 5.74) is 1.64. The quantitative estimate of drug-likeness (QED) is 0.0726. The van der Waals surface area contributed by atoms with Crippen LogP contribution in [-0.4, -0.2) is 85.7 Å². The van der Waals surface area contributed by atoms with Gasteiger partial charge in [0.25, 0.3) is 17.7 Å². The Morgan fingerprint density at radius 3 is 1.74 bits per heavy atom. The maximum absolute atomic E-state index is 13.5. The minimum Gasteiger partial charge on any atom is -0.508 e. The number of nitrogens with one attached hydrogen (secondary N) is 5. The van der Waals surface area contributed by atoms with Gasteiger partial charge in [0.1, 0.15) is 17.4 Å². The van der Waals surface area contributed by atoms with Gasteiger partial charge in [0.2, 0.25) is 5.91 Å². The Morgan fingerprint density at radius 2 is 1.18 bits per heavy atom. The molecule has 0 bridgehead atoms. The van der Waals surface area contributed by atoms with Crippen molar-refractivity contribution in [2.24, 2.45) is 0 Å². The number of rotatable bonds is 13. The first-order valence-corrected chi connectivity index (χ1v) is 18.0. The number of aromatic nitrogens is 3. The van der Waals surface area contributed by atoms with E-state index in [9.17, 15) is 44.4 Å². The lowest BCUT2D eigenvalue weighted by molar-refractivity contribution is -0.118. The third-order valence-corrected chi connectivity index (χ3v) is 8.92. The first kappa shape index (κ1) is 41.8. The summed E-state index contributed by atoms with van der Waals surface area (Å²) in [6, 6.07) is 22.4. The summed E-state index contributed by atoms with van der Waals surface area (Å²) in [4.78, 5) is 64.6. The molecule has 0 aliphatic rings. The van der Waals surface area contributed by atoms with Gasteiger partial charge in [-0.05, 0) is 97.1 Å².